The van der Waals surface area contributed by atoms with E-state index in [4.69, 9.17) is 9.72 Å². The maximum absolute atomic E-state index is 13.7. The number of amides is 1. The maximum atomic E-state index is 13.7. The summed E-state index contributed by atoms with van der Waals surface area (Å²) in [5.74, 6) is 0.415. The first-order valence-corrected chi connectivity index (χ1v) is 14.1. The molecule has 0 bridgehead atoms. The summed E-state index contributed by atoms with van der Waals surface area (Å²) in [5, 5.41) is 4.79. The number of nitrogens with zero attached hydrogens (tertiary/aromatic N) is 5. The zero-order valence-corrected chi connectivity index (χ0v) is 21.5. The average molecular weight is 526 g/mol. The van der Waals surface area contributed by atoms with Gasteiger partial charge in [0, 0.05) is 37.6 Å². The molecule has 5 rings (SSSR count). The van der Waals surface area contributed by atoms with Crippen molar-refractivity contribution in [3.05, 3.63) is 66.5 Å². The van der Waals surface area contributed by atoms with E-state index in [2.05, 4.69) is 5.10 Å². The van der Waals surface area contributed by atoms with Crippen LogP contribution in [0.2, 0.25) is 0 Å². The van der Waals surface area contributed by atoms with Crippen LogP contribution in [-0.2, 0) is 16.6 Å². The molecule has 1 aliphatic heterocycles. The number of para-hydroxylation sites is 1. The normalized spacial score (nSPS) is 14.4. The van der Waals surface area contributed by atoms with Gasteiger partial charge in [-0.2, -0.15) is 9.40 Å². The monoisotopic (exact) mass is 525 g/mol. The molecule has 0 atom stereocenters. The number of anilines is 1. The highest BCUT2D eigenvalue weighted by atomic mass is 32.2. The van der Waals surface area contributed by atoms with E-state index in [1.54, 1.807) is 27.9 Å². The second kappa shape index (κ2) is 10.4. The van der Waals surface area contributed by atoms with Gasteiger partial charge in [0.05, 0.1) is 22.7 Å². The maximum Gasteiger partial charge on any atom is 0.260 e. The van der Waals surface area contributed by atoms with E-state index >= 15 is 0 Å². The molecule has 4 aromatic rings. The molecule has 0 N–H and O–H groups in total. The van der Waals surface area contributed by atoms with Gasteiger partial charge in [-0.25, -0.2) is 13.4 Å². The predicted molar refractivity (Wildman–Crippen MR) is 139 cm³/mol. The van der Waals surface area contributed by atoms with Gasteiger partial charge in [-0.15, -0.1) is 0 Å². The van der Waals surface area contributed by atoms with Gasteiger partial charge in [-0.1, -0.05) is 17.4 Å². The summed E-state index contributed by atoms with van der Waals surface area (Å²) < 4.78 is 35.7. The number of rotatable bonds is 9. The van der Waals surface area contributed by atoms with Gasteiger partial charge in [0.1, 0.15) is 11.3 Å². The fraction of sp³-hybridized carbons (Fsp3) is 0.320. The molecule has 1 aliphatic rings. The molecule has 2 aromatic carbocycles. The molecule has 1 amide bonds. The van der Waals surface area contributed by atoms with Crippen molar-refractivity contribution >= 4 is 42.6 Å². The van der Waals surface area contributed by atoms with Gasteiger partial charge >= 0.3 is 0 Å². The van der Waals surface area contributed by atoms with Crippen molar-refractivity contribution < 1.29 is 17.9 Å². The summed E-state index contributed by atoms with van der Waals surface area (Å²) in [6, 6.07) is 13.7. The highest BCUT2D eigenvalue weighted by Gasteiger charge is 2.28. The van der Waals surface area contributed by atoms with Crippen LogP contribution in [0.5, 0.6) is 5.75 Å². The van der Waals surface area contributed by atoms with Crippen molar-refractivity contribution in [3.8, 4) is 5.75 Å². The van der Waals surface area contributed by atoms with Crippen LogP contribution in [0.1, 0.15) is 30.1 Å². The molecular weight excluding hydrogens is 498 g/mol. The molecule has 9 nitrogen and oxygen atoms in total. The SMILES string of the molecule is CCOc1cccc2sc(N(CCn3cccn3)C(=O)c3ccc(S(=O)(=O)N4CCCC4)cc3)nc12. The van der Waals surface area contributed by atoms with E-state index in [0.29, 0.717) is 54.7 Å². The van der Waals surface area contributed by atoms with Crippen LogP contribution < -0.4 is 9.64 Å². The van der Waals surface area contributed by atoms with Gasteiger partial charge in [-0.05, 0) is 62.2 Å². The summed E-state index contributed by atoms with van der Waals surface area (Å²) >= 11 is 1.41. The van der Waals surface area contributed by atoms with Gasteiger partial charge in [0.15, 0.2) is 5.13 Å². The molecule has 188 valence electrons. The quantitative estimate of drug-likeness (QED) is 0.327. The lowest BCUT2D eigenvalue weighted by molar-refractivity contribution is 0.0985. The number of carbonyl (C=O) groups is 1. The number of ether oxygens (including phenoxy) is 1. The van der Waals surface area contributed by atoms with Gasteiger partial charge in [-0.3, -0.25) is 14.4 Å². The highest BCUT2D eigenvalue weighted by Crippen LogP contribution is 2.35. The van der Waals surface area contributed by atoms with Crippen molar-refractivity contribution in [1.29, 1.82) is 0 Å². The minimum Gasteiger partial charge on any atom is -0.492 e. The molecule has 0 saturated carbocycles. The Morgan fingerprint density at radius 2 is 1.89 bits per heavy atom. The number of aromatic nitrogens is 3. The molecule has 1 fully saturated rings. The van der Waals surface area contributed by atoms with Crippen LogP contribution in [0.15, 0.2) is 65.8 Å². The Morgan fingerprint density at radius 1 is 1.11 bits per heavy atom. The lowest BCUT2D eigenvalue weighted by Gasteiger charge is -2.20. The number of thiazole rings is 1. The Labute approximate surface area is 214 Å². The number of fused-ring (bicyclic) bond motifs is 1. The number of sulfonamides is 1. The Balaban J connectivity index is 1.46. The third kappa shape index (κ3) is 4.86. The van der Waals surface area contributed by atoms with Gasteiger partial charge < -0.3 is 4.74 Å². The van der Waals surface area contributed by atoms with Crippen LogP contribution in [0.4, 0.5) is 5.13 Å². The Kier molecular flexibility index (Phi) is 7.04. The van der Waals surface area contributed by atoms with Crippen molar-refractivity contribution in [2.45, 2.75) is 31.2 Å². The summed E-state index contributed by atoms with van der Waals surface area (Å²) in [6.45, 7) is 4.32. The minimum atomic E-state index is -3.55. The van der Waals surface area contributed by atoms with E-state index in [1.807, 2.05) is 37.4 Å². The summed E-state index contributed by atoms with van der Waals surface area (Å²) in [4.78, 5) is 20.3. The van der Waals surface area contributed by atoms with Gasteiger partial charge in [0.2, 0.25) is 10.0 Å². The first-order valence-electron chi connectivity index (χ1n) is 11.9. The molecule has 0 radical (unpaired) electrons. The van der Waals surface area contributed by atoms with Crippen LogP contribution in [0, 0.1) is 0 Å². The number of benzene rings is 2. The third-order valence-electron chi connectivity index (χ3n) is 6.06. The Morgan fingerprint density at radius 3 is 2.58 bits per heavy atom. The largest absolute Gasteiger partial charge is 0.492 e. The number of carbonyl (C=O) groups excluding carboxylic acids is 1. The van der Waals surface area contributed by atoms with E-state index in [9.17, 15) is 13.2 Å². The standard InChI is InChI=1S/C25H27N5O4S2/c1-2-34-21-7-5-8-22-23(21)27-25(35-22)30(18-17-28-14-6-13-26-28)24(31)19-9-11-20(12-10-19)36(32,33)29-15-3-4-16-29/h5-14H,2-4,15-18H2,1H3. The zero-order chi connectivity index (χ0) is 25.1. The van der Waals surface area contributed by atoms with Crippen molar-refractivity contribution in [2.75, 3.05) is 31.1 Å². The lowest BCUT2D eigenvalue weighted by Crippen LogP contribution is -2.34. The molecule has 0 spiro atoms. The van der Waals surface area contributed by atoms with Gasteiger partial charge in [0.25, 0.3) is 5.91 Å². The smallest absolute Gasteiger partial charge is 0.260 e. The lowest BCUT2D eigenvalue weighted by atomic mass is 10.2. The number of hydrogen-bond acceptors (Lipinski definition) is 7. The third-order valence-corrected chi connectivity index (χ3v) is 9.02. The first-order chi connectivity index (χ1) is 17.5. The fourth-order valence-corrected chi connectivity index (χ4v) is 6.75. The second-order valence-corrected chi connectivity index (χ2v) is 11.3. The van der Waals surface area contributed by atoms with E-state index in [0.717, 1.165) is 17.5 Å². The topological polar surface area (TPSA) is 97.6 Å². The van der Waals surface area contributed by atoms with Crippen molar-refractivity contribution in [3.63, 3.8) is 0 Å². The Bertz CT molecular complexity index is 1440. The first kappa shape index (κ1) is 24.4. The highest BCUT2D eigenvalue weighted by molar-refractivity contribution is 7.89. The van der Waals surface area contributed by atoms with E-state index in [1.165, 1.54) is 27.8 Å². The Hall–Kier alpha value is -3.28. The molecule has 1 saturated heterocycles. The molecule has 3 heterocycles. The summed E-state index contributed by atoms with van der Waals surface area (Å²) in [5.41, 5.74) is 1.10. The van der Waals surface area contributed by atoms with Crippen LogP contribution >= 0.6 is 11.3 Å². The summed E-state index contributed by atoms with van der Waals surface area (Å²) in [7, 11) is -3.55. The van der Waals surface area contributed by atoms with E-state index < -0.39 is 10.0 Å². The zero-order valence-electron chi connectivity index (χ0n) is 19.9. The van der Waals surface area contributed by atoms with Crippen LogP contribution in [0.3, 0.4) is 0 Å². The molecule has 11 heteroatoms. The van der Waals surface area contributed by atoms with Crippen molar-refractivity contribution in [2.24, 2.45) is 0 Å². The molecule has 36 heavy (non-hydrogen) atoms. The molecular formula is C25H27N5O4S2. The minimum absolute atomic E-state index is 0.199. The second-order valence-electron chi connectivity index (χ2n) is 8.39. The van der Waals surface area contributed by atoms with Crippen LogP contribution in [-0.4, -0.2) is 59.6 Å². The molecule has 2 aromatic heterocycles. The van der Waals surface area contributed by atoms with Crippen molar-refractivity contribution in [1.82, 2.24) is 19.1 Å². The average Bonchev–Trinajstić information content (AvgIpc) is 3.67. The predicted octanol–water partition coefficient (Wildman–Crippen LogP) is 4.02. The molecule has 0 aliphatic carbocycles. The van der Waals surface area contributed by atoms with Crippen LogP contribution in [0.25, 0.3) is 10.2 Å². The number of hydrogen-bond donors (Lipinski definition) is 0. The van der Waals surface area contributed by atoms with E-state index in [-0.39, 0.29) is 10.8 Å². The fourth-order valence-electron chi connectivity index (χ4n) is 4.22. The summed E-state index contributed by atoms with van der Waals surface area (Å²) in [6.07, 6.45) is 5.27. The molecule has 0 unspecified atom stereocenters.